The molecule has 0 aliphatic carbocycles. The molecule has 0 radical (unpaired) electrons. The minimum absolute atomic E-state index is 0.0618. The first kappa shape index (κ1) is 16.5. The van der Waals surface area contributed by atoms with Crippen molar-refractivity contribution in [3.63, 3.8) is 0 Å². The van der Waals surface area contributed by atoms with Crippen LogP contribution in [-0.2, 0) is 4.79 Å². The topological polar surface area (TPSA) is 50.5 Å². The Balaban J connectivity index is 1.50. The summed E-state index contributed by atoms with van der Waals surface area (Å²) >= 11 is 0. The summed E-state index contributed by atoms with van der Waals surface area (Å²) in [6.07, 6.45) is 7.60. The van der Waals surface area contributed by atoms with Gasteiger partial charge in [0.1, 0.15) is 5.82 Å². The molecule has 0 spiro atoms. The lowest BCUT2D eigenvalue weighted by atomic mass is 9.97. The molecule has 1 atom stereocenters. The molecule has 0 N–H and O–H groups in total. The number of nitrogens with zero attached hydrogens (tertiary/aromatic N) is 4. The average Bonchev–Trinajstić information content (AvgIpc) is 3.11. The summed E-state index contributed by atoms with van der Waals surface area (Å²) < 4.78 is 2.03. The molecule has 0 bridgehead atoms. The molecule has 3 heterocycles. The quantitative estimate of drug-likeness (QED) is 0.683. The van der Waals surface area contributed by atoms with Crippen molar-refractivity contribution < 1.29 is 4.79 Å². The summed E-state index contributed by atoms with van der Waals surface area (Å²) in [5.41, 5.74) is 3.10. The summed E-state index contributed by atoms with van der Waals surface area (Å²) in [4.78, 5) is 14.6. The first-order valence-corrected chi connectivity index (χ1v) is 9.04. The lowest BCUT2D eigenvalue weighted by Gasteiger charge is -2.31. The lowest BCUT2D eigenvalue weighted by molar-refractivity contribution is -0.127. The van der Waals surface area contributed by atoms with Crippen molar-refractivity contribution in [2.24, 2.45) is 0 Å². The van der Waals surface area contributed by atoms with Crippen molar-refractivity contribution in [3.8, 4) is 0 Å². The fourth-order valence-electron chi connectivity index (χ4n) is 3.57. The minimum Gasteiger partial charge on any atom is -0.338 e. The number of aromatic nitrogens is 3. The molecular formula is C21H22N4O. The van der Waals surface area contributed by atoms with Crippen molar-refractivity contribution in [2.45, 2.75) is 25.7 Å². The number of benzene rings is 1. The second-order valence-electron chi connectivity index (χ2n) is 6.80. The summed E-state index contributed by atoms with van der Waals surface area (Å²) in [5.74, 6) is 1.23. The van der Waals surface area contributed by atoms with Gasteiger partial charge in [-0.05, 0) is 49.1 Å². The molecule has 4 rings (SSSR count). The third-order valence-corrected chi connectivity index (χ3v) is 5.03. The van der Waals surface area contributed by atoms with Crippen molar-refractivity contribution in [3.05, 3.63) is 71.7 Å². The van der Waals surface area contributed by atoms with Gasteiger partial charge in [-0.15, -0.1) is 10.2 Å². The van der Waals surface area contributed by atoms with Gasteiger partial charge in [-0.25, -0.2) is 0 Å². The van der Waals surface area contributed by atoms with E-state index in [0.717, 1.165) is 36.4 Å². The zero-order valence-electron chi connectivity index (χ0n) is 14.9. The van der Waals surface area contributed by atoms with Gasteiger partial charge in [0.15, 0.2) is 5.65 Å². The van der Waals surface area contributed by atoms with Crippen molar-refractivity contribution in [1.29, 1.82) is 0 Å². The first-order chi connectivity index (χ1) is 12.7. The third-order valence-electron chi connectivity index (χ3n) is 5.03. The van der Waals surface area contributed by atoms with Gasteiger partial charge in [0.05, 0.1) is 0 Å². The highest BCUT2D eigenvalue weighted by molar-refractivity contribution is 5.92. The van der Waals surface area contributed by atoms with Crippen LogP contribution < -0.4 is 0 Å². The van der Waals surface area contributed by atoms with Crippen LogP contribution in [-0.4, -0.2) is 38.5 Å². The van der Waals surface area contributed by atoms with E-state index in [0.29, 0.717) is 6.54 Å². The van der Waals surface area contributed by atoms with Crippen LogP contribution in [0.1, 0.15) is 35.7 Å². The van der Waals surface area contributed by atoms with E-state index in [1.165, 1.54) is 5.56 Å². The third kappa shape index (κ3) is 3.25. The number of pyridine rings is 1. The van der Waals surface area contributed by atoms with Gasteiger partial charge in [0, 0.05) is 31.3 Å². The highest BCUT2D eigenvalue weighted by Crippen LogP contribution is 2.26. The molecule has 5 nitrogen and oxygen atoms in total. The molecule has 2 aromatic heterocycles. The van der Waals surface area contributed by atoms with Crippen LogP contribution in [0, 0.1) is 6.92 Å². The lowest BCUT2D eigenvalue weighted by Crippen LogP contribution is -2.38. The molecule has 1 fully saturated rings. The van der Waals surface area contributed by atoms with Crippen LogP contribution >= 0.6 is 0 Å². The van der Waals surface area contributed by atoms with E-state index in [2.05, 4.69) is 23.2 Å². The molecule has 1 aliphatic heterocycles. The van der Waals surface area contributed by atoms with E-state index in [1.807, 2.05) is 58.0 Å². The Morgan fingerprint density at radius 2 is 2.00 bits per heavy atom. The van der Waals surface area contributed by atoms with Crippen LogP contribution in [0.25, 0.3) is 11.7 Å². The van der Waals surface area contributed by atoms with Crippen molar-refractivity contribution >= 4 is 17.6 Å². The number of amides is 1. The fourth-order valence-corrected chi connectivity index (χ4v) is 3.57. The number of piperidine rings is 1. The summed E-state index contributed by atoms with van der Waals surface area (Å²) in [6, 6.07) is 14.0. The largest absolute Gasteiger partial charge is 0.338 e. The average molecular weight is 346 g/mol. The smallest absolute Gasteiger partial charge is 0.246 e. The summed E-state index contributed by atoms with van der Waals surface area (Å²) in [5, 5.41) is 8.62. The maximum Gasteiger partial charge on any atom is 0.246 e. The van der Waals surface area contributed by atoms with Crippen molar-refractivity contribution in [1.82, 2.24) is 19.5 Å². The van der Waals surface area contributed by atoms with Gasteiger partial charge in [0.2, 0.25) is 5.91 Å². The Morgan fingerprint density at radius 3 is 2.88 bits per heavy atom. The highest BCUT2D eigenvalue weighted by atomic mass is 16.2. The Kier molecular flexibility index (Phi) is 4.52. The van der Waals surface area contributed by atoms with E-state index < -0.39 is 0 Å². The molecule has 0 saturated carbocycles. The molecule has 0 unspecified atom stereocenters. The minimum atomic E-state index is 0.0618. The van der Waals surface area contributed by atoms with Crippen LogP contribution in [0.15, 0.2) is 54.7 Å². The highest BCUT2D eigenvalue weighted by Gasteiger charge is 2.26. The maximum atomic E-state index is 12.7. The second-order valence-corrected chi connectivity index (χ2v) is 6.80. The van der Waals surface area contributed by atoms with E-state index in [4.69, 9.17) is 0 Å². The number of hydrogen-bond donors (Lipinski definition) is 0. The predicted octanol–water partition coefficient (Wildman–Crippen LogP) is 3.46. The predicted molar refractivity (Wildman–Crippen MR) is 102 cm³/mol. The SMILES string of the molecule is Cc1ccccc1/C=C/C(=O)N1CCC[C@H](c2nnc3ccccn23)C1. The zero-order valence-corrected chi connectivity index (χ0v) is 14.9. The van der Waals surface area contributed by atoms with Crippen LogP contribution in [0.4, 0.5) is 0 Å². The molecule has 1 amide bonds. The monoisotopic (exact) mass is 346 g/mol. The van der Waals surface area contributed by atoms with Gasteiger partial charge in [0.25, 0.3) is 0 Å². The number of carbonyl (C=O) groups is 1. The first-order valence-electron chi connectivity index (χ1n) is 9.04. The second kappa shape index (κ2) is 7.12. The Labute approximate surface area is 153 Å². The molecular weight excluding hydrogens is 324 g/mol. The summed E-state index contributed by atoms with van der Waals surface area (Å²) in [6.45, 7) is 3.54. The Bertz CT molecular complexity index is 959. The fraction of sp³-hybridized carbons (Fsp3) is 0.286. The standard InChI is InChI=1S/C21H22N4O/c1-16-7-2-3-8-17(16)11-12-20(26)24-13-6-9-18(15-24)21-23-22-19-10-4-5-14-25(19)21/h2-5,7-8,10-12,14,18H,6,9,13,15H2,1H3/b12-11+/t18-/m0/s1. The molecule has 1 aromatic carbocycles. The van der Waals surface area contributed by atoms with Crippen LogP contribution in [0.5, 0.6) is 0 Å². The van der Waals surface area contributed by atoms with Gasteiger partial charge in [-0.3, -0.25) is 9.20 Å². The Hall–Kier alpha value is -2.95. The van der Waals surface area contributed by atoms with Crippen molar-refractivity contribution in [2.75, 3.05) is 13.1 Å². The van der Waals surface area contributed by atoms with E-state index >= 15 is 0 Å². The Morgan fingerprint density at radius 1 is 1.15 bits per heavy atom. The number of fused-ring (bicyclic) bond motifs is 1. The summed E-state index contributed by atoms with van der Waals surface area (Å²) in [7, 11) is 0. The zero-order chi connectivity index (χ0) is 17.9. The molecule has 132 valence electrons. The number of rotatable bonds is 3. The van der Waals surface area contributed by atoms with E-state index in [-0.39, 0.29) is 11.8 Å². The van der Waals surface area contributed by atoms with Crippen LogP contribution in [0.2, 0.25) is 0 Å². The molecule has 3 aromatic rings. The van der Waals surface area contributed by atoms with E-state index in [9.17, 15) is 4.79 Å². The maximum absolute atomic E-state index is 12.7. The van der Waals surface area contributed by atoms with Crippen LogP contribution in [0.3, 0.4) is 0 Å². The molecule has 26 heavy (non-hydrogen) atoms. The number of carbonyl (C=O) groups excluding carboxylic acids is 1. The van der Waals surface area contributed by atoms with E-state index in [1.54, 1.807) is 6.08 Å². The van der Waals surface area contributed by atoms with Gasteiger partial charge in [-0.1, -0.05) is 30.3 Å². The molecule has 1 saturated heterocycles. The molecule has 1 aliphatic rings. The van der Waals surface area contributed by atoms with Gasteiger partial charge in [-0.2, -0.15) is 0 Å². The number of likely N-dealkylation sites (tertiary alicyclic amines) is 1. The number of hydrogen-bond acceptors (Lipinski definition) is 3. The molecule has 5 heteroatoms. The number of aryl methyl sites for hydroxylation is 1. The van der Waals surface area contributed by atoms with Gasteiger partial charge < -0.3 is 4.90 Å². The van der Waals surface area contributed by atoms with Gasteiger partial charge >= 0.3 is 0 Å². The normalized spacial score (nSPS) is 17.9.